The fourth-order valence-corrected chi connectivity index (χ4v) is 2.87. The molecule has 0 aromatic carbocycles. The maximum atomic E-state index is 10.9. The zero-order valence-electron chi connectivity index (χ0n) is 20.9. The normalized spacial score (nSPS) is 14.5. The molecular weight excluding hydrogens is 456 g/mol. The van der Waals surface area contributed by atoms with E-state index in [9.17, 15) is 24.3 Å². The minimum Gasteiger partial charge on any atom is -0.870 e. The second kappa shape index (κ2) is 21.3. The molecule has 0 radical (unpaired) electrons. The Morgan fingerprint density at radius 1 is 0.706 bits per heavy atom. The van der Waals surface area contributed by atoms with Crippen molar-refractivity contribution in [3.8, 4) is 0 Å². The summed E-state index contributed by atoms with van der Waals surface area (Å²) in [6.07, 6.45) is -1.05. The molecule has 202 valence electrons. The lowest BCUT2D eigenvalue weighted by Gasteiger charge is -2.20. The standard InChI is InChI=1S/C12H20O6.C10H20O5.H2O/c1-8(17-10(3)14)7-12(18-11(4)15)5-6-16-9(2)13;1-7(12)5-10(15-8(2)13)6-9(14)3-4-11;/h8,12H,5-7H2,1-4H3;7,9-12,14H,3-6H2,1-2H3;1H2/p-1. The van der Waals surface area contributed by atoms with Gasteiger partial charge in [-0.05, 0) is 20.3 Å². The average Bonchev–Trinajstić information content (AvgIpc) is 2.59. The van der Waals surface area contributed by atoms with Crippen LogP contribution < -0.4 is 0 Å². The van der Waals surface area contributed by atoms with Crippen LogP contribution in [0.15, 0.2) is 0 Å². The van der Waals surface area contributed by atoms with E-state index in [2.05, 4.69) is 0 Å². The first kappa shape index (κ1) is 36.3. The molecule has 0 spiro atoms. The van der Waals surface area contributed by atoms with Crippen molar-refractivity contribution in [1.29, 1.82) is 0 Å². The third kappa shape index (κ3) is 26.0. The molecule has 0 aliphatic rings. The molecule has 0 bridgehead atoms. The molecule has 0 saturated carbocycles. The Kier molecular flexibility index (Phi) is 22.7. The molecule has 0 aromatic heterocycles. The van der Waals surface area contributed by atoms with E-state index in [4.69, 9.17) is 29.2 Å². The van der Waals surface area contributed by atoms with Gasteiger partial charge >= 0.3 is 23.9 Å². The Morgan fingerprint density at radius 3 is 1.62 bits per heavy atom. The van der Waals surface area contributed by atoms with Gasteiger partial charge in [0.05, 0.1) is 18.8 Å². The molecule has 5 atom stereocenters. The van der Waals surface area contributed by atoms with E-state index < -0.39 is 36.4 Å². The van der Waals surface area contributed by atoms with Crippen LogP contribution in [0.1, 0.15) is 73.6 Å². The Labute approximate surface area is 200 Å². The molecule has 5 unspecified atom stereocenters. The Hall–Kier alpha value is -2.28. The van der Waals surface area contributed by atoms with Gasteiger partial charge in [0.2, 0.25) is 0 Å². The third-order valence-electron chi connectivity index (χ3n) is 3.97. The van der Waals surface area contributed by atoms with Crippen LogP contribution in [-0.2, 0) is 38.1 Å². The van der Waals surface area contributed by atoms with Crippen LogP contribution in [0.3, 0.4) is 0 Å². The molecule has 0 rings (SSSR count). The minimum absolute atomic E-state index is 0. The first-order valence-corrected chi connectivity index (χ1v) is 10.9. The van der Waals surface area contributed by atoms with Gasteiger partial charge in [-0.3, -0.25) is 19.2 Å². The highest BCUT2D eigenvalue weighted by atomic mass is 16.6. The molecule has 0 amide bonds. The lowest BCUT2D eigenvalue weighted by Crippen LogP contribution is -2.26. The molecule has 0 aliphatic heterocycles. The molecule has 0 heterocycles. The number of rotatable bonds is 14. The molecule has 12 nitrogen and oxygen atoms in total. The van der Waals surface area contributed by atoms with Gasteiger partial charge in [-0.2, -0.15) is 0 Å². The van der Waals surface area contributed by atoms with E-state index >= 15 is 0 Å². The predicted octanol–water partition coefficient (Wildman–Crippen LogP) is 0.859. The number of hydrogen-bond acceptors (Lipinski definition) is 12. The first-order chi connectivity index (χ1) is 15.3. The fourth-order valence-electron chi connectivity index (χ4n) is 2.87. The van der Waals surface area contributed by atoms with Gasteiger partial charge in [-0.25, -0.2) is 0 Å². The van der Waals surface area contributed by atoms with Crippen LogP contribution in [0.5, 0.6) is 0 Å². The molecule has 34 heavy (non-hydrogen) atoms. The number of ether oxygens (including phenoxy) is 4. The predicted molar refractivity (Wildman–Crippen MR) is 119 cm³/mol. The molecular formula is C22H41O12-. The van der Waals surface area contributed by atoms with Crippen LogP contribution in [0.2, 0.25) is 0 Å². The summed E-state index contributed by atoms with van der Waals surface area (Å²) in [5.74, 6) is -1.62. The molecule has 0 saturated heterocycles. The van der Waals surface area contributed by atoms with E-state index in [1.54, 1.807) is 13.8 Å². The van der Waals surface area contributed by atoms with Crippen LogP contribution in [0.25, 0.3) is 0 Å². The van der Waals surface area contributed by atoms with Gasteiger partial charge in [-0.15, -0.1) is 0 Å². The number of aliphatic hydroxyl groups excluding tert-OH is 3. The third-order valence-corrected chi connectivity index (χ3v) is 3.97. The molecule has 0 fully saturated rings. The summed E-state index contributed by atoms with van der Waals surface area (Å²) >= 11 is 0. The Balaban J connectivity index is -0.000000558. The maximum Gasteiger partial charge on any atom is 0.302 e. The van der Waals surface area contributed by atoms with Crippen molar-refractivity contribution in [3.63, 3.8) is 0 Å². The summed E-state index contributed by atoms with van der Waals surface area (Å²) in [5, 5.41) is 27.2. The lowest BCUT2D eigenvalue weighted by molar-refractivity contribution is -0.153. The molecule has 0 aromatic rings. The van der Waals surface area contributed by atoms with Crippen LogP contribution in [-0.4, -0.2) is 88.4 Å². The number of carbonyl (C=O) groups excluding carboxylic acids is 4. The van der Waals surface area contributed by atoms with Crippen molar-refractivity contribution >= 4 is 23.9 Å². The van der Waals surface area contributed by atoms with Crippen LogP contribution in [0.4, 0.5) is 0 Å². The highest BCUT2D eigenvalue weighted by Gasteiger charge is 2.19. The quantitative estimate of drug-likeness (QED) is 0.226. The summed E-state index contributed by atoms with van der Waals surface area (Å²) in [6.45, 7) is 8.57. The summed E-state index contributed by atoms with van der Waals surface area (Å²) in [4.78, 5) is 43.0. The van der Waals surface area contributed by atoms with Crippen LogP contribution >= 0.6 is 0 Å². The Morgan fingerprint density at radius 2 is 1.21 bits per heavy atom. The van der Waals surface area contributed by atoms with Crippen molar-refractivity contribution < 1.29 is 58.9 Å². The molecule has 4 N–H and O–H groups in total. The van der Waals surface area contributed by atoms with Gasteiger partial charge in [0, 0.05) is 60.0 Å². The van der Waals surface area contributed by atoms with Crippen molar-refractivity contribution in [2.24, 2.45) is 0 Å². The van der Waals surface area contributed by atoms with Gasteiger partial charge in [-0.1, -0.05) is 0 Å². The van der Waals surface area contributed by atoms with E-state index in [1.165, 1.54) is 27.7 Å². The zero-order chi connectivity index (χ0) is 26.0. The SMILES string of the molecule is CC(=O)OC(CC(C)O)CC(O)CCO.CC(=O)OCCC(CC(C)OC(C)=O)OC(C)=O.[OH-]. The number of carbonyl (C=O) groups is 4. The van der Waals surface area contributed by atoms with Gasteiger partial charge in [0.25, 0.3) is 0 Å². The summed E-state index contributed by atoms with van der Waals surface area (Å²) in [7, 11) is 0. The Bertz CT molecular complexity index is 578. The van der Waals surface area contributed by atoms with Crippen molar-refractivity contribution in [2.75, 3.05) is 13.2 Å². The summed E-state index contributed by atoms with van der Waals surface area (Å²) < 4.78 is 19.7. The second-order valence-electron chi connectivity index (χ2n) is 7.73. The monoisotopic (exact) mass is 497 g/mol. The fraction of sp³-hybridized carbons (Fsp3) is 0.818. The van der Waals surface area contributed by atoms with E-state index in [0.29, 0.717) is 19.3 Å². The highest BCUT2D eigenvalue weighted by molar-refractivity contribution is 5.67. The first-order valence-electron chi connectivity index (χ1n) is 10.9. The van der Waals surface area contributed by atoms with E-state index in [1.807, 2.05) is 0 Å². The minimum atomic E-state index is -0.710. The molecule has 0 aliphatic carbocycles. The van der Waals surface area contributed by atoms with E-state index in [-0.39, 0.29) is 49.6 Å². The summed E-state index contributed by atoms with van der Waals surface area (Å²) in [5.41, 5.74) is 0. The van der Waals surface area contributed by atoms with Gasteiger partial charge in [0.15, 0.2) is 0 Å². The molecule has 12 heteroatoms. The second-order valence-corrected chi connectivity index (χ2v) is 7.73. The van der Waals surface area contributed by atoms with E-state index in [0.717, 1.165) is 0 Å². The highest BCUT2D eigenvalue weighted by Crippen LogP contribution is 2.13. The number of hydrogen-bond donors (Lipinski definition) is 3. The van der Waals surface area contributed by atoms with Crippen molar-refractivity contribution in [1.82, 2.24) is 0 Å². The van der Waals surface area contributed by atoms with Crippen molar-refractivity contribution in [2.45, 2.75) is 104 Å². The number of aliphatic hydroxyl groups is 3. The summed E-state index contributed by atoms with van der Waals surface area (Å²) in [6, 6.07) is 0. The smallest absolute Gasteiger partial charge is 0.302 e. The van der Waals surface area contributed by atoms with Crippen LogP contribution in [0, 0.1) is 0 Å². The maximum absolute atomic E-state index is 10.9. The largest absolute Gasteiger partial charge is 0.870 e. The zero-order valence-corrected chi connectivity index (χ0v) is 20.9. The average molecular weight is 498 g/mol. The van der Waals surface area contributed by atoms with Crippen molar-refractivity contribution in [3.05, 3.63) is 0 Å². The lowest BCUT2D eigenvalue weighted by atomic mass is 10.0. The number of esters is 4. The topological polar surface area (TPSA) is 196 Å². The van der Waals surface area contributed by atoms with Gasteiger partial charge in [0.1, 0.15) is 18.3 Å². The van der Waals surface area contributed by atoms with Gasteiger partial charge < -0.3 is 39.7 Å².